The van der Waals surface area contributed by atoms with E-state index in [2.05, 4.69) is 22.7 Å². The standard InChI is InChI=1S/C15H19N3OS/c1-3-16-18(10-6-7-12(2)11-19)15-17-13-8-4-5-9-14(13)20-15/h3-5,8-9,19H,2,6-7,10-11H2,1H3/b16-3+. The number of para-hydroxylation sites is 1. The summed E-state index contributed by atoms with van der Waals surface area (Å²) in [6, 6.07) is 8.09. The first-order valence-electron chi connectivity index (χ1n) is 6.64. The molecule has 0 bridgehead atoms. The molecule has 4 nitrogen and oxygen atoms in total. The number of hydrogen-bond acceptors (Lipinski definition) is 5. The van der Waals surface area contributed by atoms with E-state index < -0.39 is 0 Å². The van der Waals surface area contributed by atoms with Gasteiger partial charge in [-0.1, -0.05) is 35.6 Å². The Bertz CT molecular complexity index is 573. The van der Waals surface area contributed by atoms with Gasteiger partial charge in [0.1, 0.15) is 0 Å². The Kier molecular flexibility index (Phi) is 5.26. The second kappa shape index (κ2) is 7.17. The highest BCUT2D eigenvalue weighted by Gasteiger charge is 2.10. The first kappa shape index (κ1) is 14.7. The van der Waals surface area contributed by atoms with Gasteiger partial charge in [0.15, 0.2) is 0 Å². The van der Waals surface area contributed by atoms with Crippen molar-refractivity contribution in [2.75, 3.05) is 18.2 Å². The molecule has 20 heavy (non-hydrogen) atoms. The minimum atomic E-state index is 0.0538. The largest absolute Gasteiger partial charge is 0.392 e. The first-order valence-corrected chi connectivity index (χ1v) is 7.45. The van der Waals surface area contributed by atoms with Crippen LogP contribution in [0.15, 0.2) is 41.5 Å². The maximum absolute atomic E-state index is 8.96. The Balaban J connectivity index is 2.09. The first-order chi connectivity index (χ1) is 9.74. The van der Waals surface area contributed by atoms with Gasteiger partial charge in [-0.05, 0) is 31.9 Å². The van der Waals surface area contributed by atoms with Crippen LogP contribution in [0.3, 0.4) is 0 Å². The molecule has 0 aliphatic rings. The van der Waals surface area contributed by atoms with Crippen LogP contribution in [0.2, 0.25) is 0 Å². The Labute approximate surface area is 123 Å². The van der Waals surface area contributed by atoms with Gasteiger partial charge in [0.2, 0.25) is 5.13 Å². The van der Waals surface area contributed by atoms with Gasteiger partial charge in [0.25, 0.3) is 0 Å². The van der Waals surface area contributed by atoms with Crippen LogP contribution in [-0.2, 0) is 0 Å². The van der Waals surface area contributed by atoms with Crippen molar-refractivity contribution in [3.63, 3.8) is 0 Å². The fourth-order valence-corrected chi connectivity index (χ4v) is 2.82. The number of aromatic nitrogens is 1. The zero-order valence-electron chi connectivity index (χ0n) is 11.6. The van der Waals surface area contributed by atoms with Crippen molar-refractivity contribution in [1.82, 2.24) is 4.98 Å². The monoisotopic (exact) mass is 289 g/mol. The fraction of sp³-hybridized carbons (Fsp3) is 0.333. The second-order valence-electron chi connectivity index (χ2n) is 4.47. The van der Waals surface area contributed by atoms with Gasteiger partial charge in [-0.25, -0.2) is 9.99 Å². The highest BCUT2D eigenvalue weighted by Crippen LogP contribution is 2.28. The molecule has 0 unspecified atom stereocenters. The lowest BCUT2D eigenvalue weighted by atomic mass is 10.2. The van der Waals surface area contributed by atoms with Crippen LogP contribution in [0.5, 0.6) is 0 Å². The summed E-state index contributed by atoms with van der Waals surface area (Å²) in [4.78, 5) is 4.61. The lowest BCUT2D eigenvalue weighted by Gasteiger charge is -2.15. The Hall–Kier alpha value is -1.72. The molecule has 0 atom stereocenters. The van der Waals surface area contributed by atoms with E-state index in [1.165, 1.54) is 4.70 Å². The number of aliphatic hydroxyl groups is 1. The number of fused-ring (bicyclic) bond motifs is 1. The molecule has 0 spiro atoms. The third-order valence-corrected chi connectivity index (χ3v) is 3.93. The van der Waals surface area contributed by atoms with Crippen LogP contribution in [0.4, 0.5) is 5.13 Å². The average molecular weight is 289 g/mol. The number of rotatable bonds is 7. The van der Waals surface area contributed by atoms with Crippen molar-refractivity contribution >= 4 is 32.9 Å². The van der Waals surface area contributed by atoms with Crippen LogP contribution in [0.25, 0.3) is 10.2 Å². The van der Waals surface area contributed by atoms with E-state index in [4.69, 9.17) is 5.11 Å². The number of nitrogens with zero attached hydrogens (tertiary/aromatic N) is 3. The predicted octanol–water partition coefficient (Wildman–Crippen LogP) is 3.44. The minimum absolute atomic E-state index is 0.0538. The lowest BCUT2D eigenvalue weighted by molar-refractivity contribution is 0.326. The fourth-order valence-electron chi connectivity index (χ4n) is 1.87. The molecule has 5 heteroatoms. The summed E-state index contributed by atoms with van der Waals surface area (Å²) in [5.74, 6) is 0. The molecule has 0 fully saturated rings. The van der Waals surface area contributed by atoms with Crippen molar-refractivity contribution in [3.8, 4) is 0 Å². The van der Waals surface area contributed by atoms with Crippen molar-refractivity contribution in [2.45, 2.75) is 19.8 Å². The summed E-state index contributed by atoms with van der Waals surface area (Å²) in [5, 5.41) is 16.2. The Morgan fingerprint density at radius 1 is 1.50 bits per heavy atom. The number of hydrogen-bond donors (Lipinski definition) is 1. The minimum Gasteiger partial charge on any atom is -0.392 e. The van der Waals surface area contributed by atoms with Crippen molar-refractivity contribution in [2.24, 2.45) is 5.10 Å². The summed E-state index contributed by atoms with van der Waals surface area (Å²) in [5.41, 5.74) is 1.86. The molecule has 106 valence electrons. The number of benzene rings is 1. The van der Waals surface area contributed by atoms with Crippen LogP contribution < -0.4 is 5.01 Å². The van der Waals surface area contributed by atoms with E-state index >= 15 is 0 Å². The maximum Gasteiger partial charge on any atom is 0.207 e. The molecule has 2 aromatic rings. The summed E-state index contributed by atoms with van der Waals surface area (Å²) in [6.07, 6.45) is 3.47. The zero-order valence-corrected chi connectivity index (χ0v) is 12.4. The quantitative estimate of drug-likeness (QED) is 0.482. The van der Waals surface area contributed by atoms with Crippen LogP contribution in [0.1, 0.15) is 19.8 Å². The molecule has 0 radical (unpaired) electrons. The van der Waals surface area contributed by atoms with E-state index in [-0.39, 0.29) is 6.61 Å². The van der Waals surface area contributed by atoms with Gasteiger partial charge in [0, 0.05) is 12.8 Å². The summed E-state index contributed by atoms with van der Waals surface area (Å²) >= 11 is 1.64. The van der Waals surface area contributed by atoms with Gasteiger partial charge < -0.3 is 5.11 Å². The lowest BCUT2D eigenvalue weighted by Crippen LogP contribution is -2.17. The number of hydrazone groups is 1. The highest BCUT2D eigenvalue weighted by molar-refractivity contribution is 7.22. The average Bonchev–Trinajstić information content (AvgIpc) is 2.89. The zero-order chi connectivity index (χ0) is 14.4. The van der Waals surface area contributed by atoms with E-state index in [9.17, 15) is 0 Å². The molecule has 2 rings (SSSR count). The van der Waals surface area contributed by atoms with Crippen molar-refractivity contribution in [1.29, 1.82) is 0 Å². The summed E-state index contributed by atoms with van der Waals surface area (Å²) in [6.45, 7) is 6.52. The molecule has 0 aliphatic heterocycles. The van der Waals surface area contributed by atoms with Crippen LogP contribution in [-0.4, -0.2) is 29.5 Å². The van der Waals surface area contributed by atoms with Gasteiger partial charge in [0.05, 0.1) is 16.8 Å². The molecule has 1 aromatic carbocycles. The topological polar surface area (TPSA) is 48.7 Å². The van der Waals surface area contributed by atoms with E-state index in [1.807, 2.05) is 30.1 Å². The second-order valence-corrected chi connectivity index (χ2v) is 5.48. The molecule has 0 amide bonds. The van der Waals surface area contributed by atoms with E-state index in [0.717, 1.165) is 35.6 Å². The number of thiazole rings is 1. The van der Waals surface area contributed by atoms with Crippen molar-refractivity contribution < 1.29 is 5.11 Å². The molecule has 1 aromatic heterocycles. The maximum atomic E-state index is 8.96. The third kappa shape index (κ3) is 3.65. The molecular weight excluding hydrogens is 270 g/mol. The smallest absolute Gasteiger partial charge is 0.207 e. The summed E-state index contributed by atoms with van der Waals surface area (Å²) in [7, 11) is 0. The molecule has 1 heterocycles. The van der Waals surface area contributed by atoms with E-state index in [0.29, 0.717) is 0 Å². The van der Waals surface area contributed by atoms with Crippen LogP contribution in [0, 0.1) is 0 Å². The number of aliphatic hydroxyl groups excluding tert-OH is 1. The molecule has 0 saturated heterocycles. The molecule has 1 N–H and O–H groups in total. The molecular formula is C15H19N3OS. The SMILES string of the molecule is C=C(CO)CCCN(/N=C/C)c1nc2ccccc2s1. The normalized spacial score (nSPS) is 11.3. The van der Waals surface area contributed by atoms with E-state index in [1.54, 1.807) is 17.6 Å². The van der Waals surface area contributed by atoms with Gasteiger partial charge >= 0.3 is 0 Å². The van der Waals surface area contributed by atoms with Gasteiger partial charge in [-0.2, -0.15) is 5.10 Å². The Morgan fingerprint density at radius 3 is 3.00 bits per heavy atom. The van der Waals surface area contributed by atoms with Gasteiger partial charge in [-0.3, -0.25) is 0 Å². The highest BCUT2D eigenvalue weighted by atomic mass is 32.1. The molecule has 0 saturated carbocycles. The van der Waals surface area contributed by atoms with Crippen LogP contribution >= 0.6 is 11.3 Å². The third-order valence-electron chi connectivity index (χ3n) is 2.88. The Morgan fingerprint density at radius 2 is 2.30 bits per heavy atom. The molecule has 0 aliphatic carbocycles. The predicted molar refractivity (Wildman–Crippen MR) is 86.6 cm³/mol. The number of anilines is 1. The van der Waals surface area contributed by atoms with Gasteiger partial charge in [-0.15, -0.1) is 0 Å². The van der Waals surface area contributed by atoms with Crippen molar-refractivity contribution in [3.05, 3.63) is 36.4 Å². The summed E-state index contributed by atoms with van der Waals surface area (Å²) < 4.78 is 1.17.